The van der Waals surface area contributed by atoms with E-state index in [-0.39, 0.29) is 6.07 Å². The maximum absolute atomic E-state index is 13.4. The second-order valence-corrected chi connectivity index (χ2v) is 8.00. The molecular formula is C22H21F6NO4. The van der Waals surface area contributed by atoms with Gasteiger partial charge in [-0.15, -0.1) is 0 Å². The number of aliphatic hydroxyl groups excluding tert-OH is 1. The lowest BCUT2D eigenvalue weighted by atomic mass is 9.74. The average molecular weight is 477 g/mol. The molecule has 0 spiro atoms. The van der Waals surface area contributed by atoms with Gasteiger partial charge in [0.25, 0.3) is 0 Å². The van der Waals surface area contributed by atoms with Crippen molar-refractivity contribution in [3.05, 3.63) is 70.8 Å². The quantitative estimate of drug-likeness (QED) is 0.490. The molecule has 0 radical (unpaired) electrons. The lowest BCUT2D eigenvalue weighted by molar-refractivity contribution is -0.200. The van der Waals surface area contributed by atoms with Crippen molar-refractivity contribution in [1.29, 1.82) is 0 Å². The Labute approximate surface area is 185 Å². The first-order valence-electron chi connectivity index (χ1n) is 9.78. The van der Waals surface area contributed by atoms with Crippen LogP contribution in [0.1, 0.15) is 41.1 Å². The number of methoxy groups -OCH3 is 1. The summed E-state index contributed by atoms with van der Waals surface area (Å²) < 4.78 is 85.3. The van der Waals surface area contributed by atoms with Crippen LogP contribution < -0.4 is 0 Å². The number of hydrogen-bond donors (Lipinski definition) is 2. The van der Waals surface area contributed by atoms with Crippen molar-refractivity contribution < 1.29 is 46.2 Å². The van der Waals surface area contributed by atoms with Crippen LogP contribution in [0.25, 0.3) is 0 Å². The zero-order valence-electron chi connectivity index (χ0n) is 17.5. The Kier molecular flexibility index (Phi) is 6.53. The summed E-state index contributed by atoms with van der Waals surface area (Å²) in [5.74, 6) is -3.14. The summed E-state index contributed by atoms with van der Waals surface area (Å²) >= 11 is 0. The van der Waals surface area contributed by atoms with Gasteiger partial charge in [0.1, 0.15) is 5.54 Å². The predicted octanol–water partition coefficient (Wildman–Crippen LogP) is 4.79. The molecule has 11 heteroatoms. The van der Waals surface area contributed by atoms with E-state index >= 15 is 0 Å². The average Bonchev–Trinajstić information content (AvgIpc) is 2.99. The van der Waals surface area contributed by atoms with Crippen LogP contribution >= 0.6 is 0 Å². The summed E-state index contributed by atoms with van der Waals surface area (Å²) in [7, 11) is 1.04. The molecule has 0 aromatic heterocycles. The van der Waals surface area contributed by atoms with Crippen LogP contribution in [-0.4, -0.2) is 40.6 Å². The first kappa shape index (κ1) is 25.0. The van der Waals surface area contributed by atoms with Gasteiger partial charge in [-0.1, -0.05) is 30.3 Å². The molecule has 2 N–H and O–H groups in total. The molecule has 0 unspecified atom stereocenters. The largest absolute Gasteiger partial charge is 0.468 e. The first-order chi connectivity index (χ1) is 15.3. The van der Waals surface area contributed by atoms with Gasteiger partial charge in [0.15, 0.2) is 0 Å². The van der Waals surface area contributed by atoms with Gasteiger partial charge >= 0.3 is 18.3 Å². The number of ether oxygens (including phenoxy) is 1. The normalized spacial score (nSPS) is 26.4. The minimum Gasteiger partial charge on any atom is -0.468 e. The van der Waals surface area contributed by atoms with Crippen molar-refractivity contribution in [3.63, 3.8) is 0 Å². The van der Waals surface area contributed by atoms with E-state index in [1.807, 2.05) is 0 Å². The maximum Gasteiger partial charge on any atom is 0.416 e. The first-order valence-corrected chi connectivity index (χ1v) is 9.78. The summed E-state index contributed by atoms with van der Waals surface area (Å²) in [4.78, 5) is 12.8. The number of halogens is 6. The van der Waals surface area contributed by atoms with Crippen LogP contribution in [0.5, 0.6) is 0 Å². The molecular weight excluding hydrogens is 456 g/mol. The van der Waals surface area contributed by atoms with E-state index in [0.717, 1.165) is 7.11 Å². The van der Waals surface area contributed by atoms with Gasteiger partial charge in [-0.25, -0.2) is 4.79 Å². The number of hydroxylamine groups is 2. The van der Waals surface area contributed by atoms with E-state index in [1.54, 1.807) is 30.3 Å². The standard InChI is InChI=1S/C22H21F6NO4/c1-20(19(31)33-2)17(12-6-4-3-5-7-12)16(11-30)18(29(20)32)13-8-14(21(23,24)25)10-15(9-13)22(26,27)28/h3-10,16-18,30,32H,11H2,1-2H3/t16-,17-,18-,20+/m1/s1. The molecule has 1 aliphatic rings. The molecule has 1 heterocycles. The van der Waals surface area contributed by atoms with Crippen molar-refractivity contribution in [1.82, 2.24) is 5.06 Å². The number of benzene rings is 2. The number of carbonyl (C=O) groups is 1. The summed E-state index contributed by atoms with van der Waals surface area (Å²) in [6.45, 7) is 0.517. The van der Waals surface area contributed by atoms with E-state index in [2.05, 4.69) is 0 Å². The molecule has 1 aliphatic heterocycles. The molecule has 0 aliphatic carbocycles. The van der Waals surface area contributed by atoms with Crippen molar-refractivity contribution in [2.24, 2.45) is 5.92 Å². The third-order valence-corrected chi connectivity index (χ3v) is 6.10. The van der Waals surface area contributed by atoms with Gasteiger partial charge in [-0.3, -0.25) is 0 Å². The molecule has 2 aromatic carbocycles. The topological polar surface area (TPSA) is 70.0 Å². The van der Waals surface area contributed by atoms with Gasteiger partial charge in [-0.2, -0.15) is 31.4 Å². The van der Waals surface area contributed by atoms with Crippen molar-refractivity contribution in [3.8, 4) is 0 Å². The van der Waals surface area contributed by atoms with E-state index in [4.69, 9.17) is 4.74 Å². The molecule has 4 atom stereocenters. The summed E-state index contributed by atoms with van der Waals surface area (Å²) in [5.41, 5.74) is -5.16. The van der Waals surface area contributed by atoms with Gasteiger partial charge in [0.05, 0.1) is 24.3 Å². The van der Waals surface area contributed by atoms with Crippen molar-refractivity contribution in [2.75, 3.05) is 13.7 Å². The Balaban J connectivity index is 2.27. The zero-order valence-corrected chi connectivity index (χ0v) is 17.5. The smallest absolute Gasteiger partial charge is 0.416 e. The Bertz CT molecular complexity index is 978. The van der Waals surface area contributed by atoms with Gasteiger partial charge in [-0.05, 0) is 36.2 Å². The lowest BCUT2D eigenvalue weighted by Crippen LogP contribution is -2.51. The molecule has 1 fully saturated rings. The number of aliphatic hydroxyl groups is 1. The molecule has 180 valence electrons. The molecule has 0 bridgehead atoms. The van der Waals surface area contributed by atoms with Crippen molar-refractivity contribution in [2.45, 2.75) is 36.8 Å². The minimum absolute atomic E-state index is 0.0255. The Morgan fingerprint density at radius 1 is 1.00 bits per heavy atom. The second kappa shape index (κ2) is 8.62. The Morgan fingerprint density at radius 2 is 1.52 bits per heavy atom. The highest BCUT2D eigenvalue weighted by Gasteiger charge is 2.62. The number of esters is 1. The summed E-state index contributed by atoms with van der Waals surface area (Å²) in [6.07, 6.45) is -10.2. The fraction of sp³-hybridized carbons (Fsp3) is 0.409. The monoisotopic (exact) mass is 477 g/mol. The van der Waals surface area contributed by atoms with Gasteiger partial charge < -0.3 is 15.1 Å². The van der Waals surface area contributed by atoms with Crippen LogP contribution in [0.3, 0.4) is 0 Å². The number of nitrogens with zero attached hydrogens (tertiary/aromatic N) is 1. The SMILES string of the molecule is COC(=O)[C@]1(C)[C@H](c2ccccc2)[C@@H](CO)[C@@H](c2cc(C(F)(F)F)cc(C(F)(F)F)c2)N1O. The molecule has 5 nitrogen and oxygen atoms in total. The molecule has 33 heavy (non-hydrogen) atoms. The molecule has 3 rings (SSSR count). The fourth-order valence-electron chi connectivity index (χ4n) is 4.61. The Hall–Kier alpha value is -2.63. The van der Waals surface area contributed by atoms with E-state index in [9.17, 15) is 41.5 Å². The third kappa shape index (κ3) is 4.32. The number of rotatable bonds is 4. The predicted molar refractivity (Wildman–Crippen MR) is 103 cm³/mol. The van der Waals surface area contributed by atoms with Crippen molar-refractivity contribution >= 4 is 5.97 Å². The van der Waals surface area contributed by atoms with E-state index in [0.29, 0.717) is 22.8 Å². The number of carbonyl (C=O) groups excluding carboxylic acids is 1. The van der Waals surface area contributed by atoms with Gasteiger partial charge in [0, 0.05) is 18.4 Å². The third-order valence-electron chi connectivity index (χ3n) is 6.10. The highest BCUT2D eigenvalue weighted by Crippen LogP contribution is 2.55. The summed E-state index contributed by atoms with van der Waals surface area (Å²) in [6, 6.07) is 7.42. The van der Waals surface area contributed by atoms with E-state index < -0.39 is 65.0 Å². The van der Waals surface area contributed by atoms with Crippen LogP contribution in [0, 0.1) is 5.92 Å². The van der Waals surface area contributed by atoms with E-state index in [1.165, 1.54) is 6.92 Å². The minimum atomic E-state index is -5.10. The maximum atomic E-state index is 13.4. The molecule has 2 aromatic rings. The number of hydrogen-bond acceptors (Lipinski definition) is 5. The van der Waals surface area contributed by atoms with Crippen LogP contribution in [0.15, 0.2) is 48.5 Å². The van der Waals surface area contributed by atoms with Gasteiger partial charge in [0.2, 0.25) is 0 Å². The van der Waals surface area contributed by atoms with Crippen LogP contribution in [-0.2, 0) is 21.9 Å². The second-order valence-electron chi connectivity index (χ2n) is 8.00. The fourth-order valence-corrected chi connectivity index (χ4v) is 4.61. The molecule has 0 amide bonds. The zero-order chi connectivity index (χ0) is 24.8. The van der Waals surface area contributed by atoms with Crippen LogP contribution in [0.4, 0.5) is 26.3 Å². The highest BCUT2D eigenvalue weighted by atomic mass is 19.4. The highest BCUT2D eigenvalue weighted by molar-refractivity contribution is 5.82. The Morgan fingerprint density at radius 3 is 1.94 bits per heavy atom. The lowest BCUT2D eigenvalue weighted by Gasteiger charge is -2.34. The number of alkyl halides is 6. The molecule has 0 saturated carbocycles. The molecule has 1 saturated heterocycles. The summed E-state index contributed by atoms with van der Waals surface area (Å²) in [5, 5.41) is 21.6. The van der Waals surface area contributed by atoms with Crippen LogP contribution in [0.2, 0.25) is 0 Å².